The van der Waals surface area contributed by atoms with Crippen LogP contribution in [0, 0.1) is 0 Å². The number of rotatable bonds is 5. The number of ether oxygens (including phenoxy) is 1. The molecule has 0 aromatic rings. The number of amides is 1. The quantitative estimate of drug-likeness (QED) is 0.679. The van der Waals surface area contributed by atoms with Crippen molar-refractivity contribution in [3.05, 3.63) is 12.7 Å². The topological polar surface area (TPSA) is 49.8 Å². The minimum absolute atomic E-state index is 0.0215. The van der Waals surface area contributed by atoms with Crippen LogP contribution in [0.2, 0.25) is 0 Å². The number of carbonyl (C=O) groups excluding carboxylic acids is 1. The third-order valence-corrected chi connectivity index (χ3v) is 2.49. The molecule has 15 heavy (non-hydrogen) atoms. The number of hydrogen-bond acceptors (Lipinski definition) is 3. The van der Waals surface area contributed by atoms with Crippen LogP contribution in [-0.2, 0) is 9.53 Å². The van der Waals surface area contributed by atoms with Crippen molar-refractivity contribution in [2.75, 3.05) is 26.3 Å². The van der Waals surface area contributed by atoms with E-state index in [0.29, 0.717) is 19.7 Å². The molecule has 0 aliphatic carbocycles. The second-order valence-corrected chi connectivity index (χ2v) is 3.65. The van der Waals surface area contributed by atoms with Crippen molar-refractivity contribution in [2.45, 2.75) is 25.4 Å². The fourth-order valence-electron chi connectivity index (χ4n) is 1.71. The first kappa shape index (κ1) is 12.2. The summed E-state index contributed by atoms with van der Waals surface area (Å²) in [5.41, 5.74) is 0. The summed E-state index contributed by atoms with van der Waals surface area (Å²) in [6, 6.07) is 0. The second-order valence-electron chi connectivity index (χ2n) is 3.65. The van der Waals surface area contributed by atoms with Crippen molar-refractivity contribution in [2.24, 2.45) is 0 Å². The number of carbonyl (C=O) groups is 1. The van der Waals surface area contributed by atoms with Gasteiger partial charge in [-0.3, -0.25) is 4.79 Å². The number of aliphatic hydroxyl groups excluding tert-OH is 1. The molecule has 0 spiro atoms. The molecule has 0 bridgehead atoms. The van der Waals surface area contributed by atoms with Gasteiger partial charge in [-0.25, -0.2) is 0 Å². The van der Waals surface area contributed by atoms with Gasteiger partial charge in [-0.1, -0.05) is 6.08 Å². The largest absolute Gasteiger partial charge is 0.395 e. The Morgan fingerprint density at radius 2 is 2.40 bits per heavy atom. The lowest BCUT2D eigenvalue weighted by molar-refractivity contribution is -0.146. The van der Waals surface area contributed by atoms with Crippen LogP contribution in [0.15, 0.2) is 12.7 Å². The number of nitrogens with zero attached hydrogens (tertiary/aromatic N) is 1. The third kappa shape index (κ3) is 3.64. The Morgan fingerprint density at radius 3 is 2.93 bits per heavy atom. The first-order valence-corrected chi connectivity index (χ1v) is 5.41. The molecule has 1 saturated heterocycles. The van der Waals surface area contributed by atoms with Gasteiger partial charge in [-0.2, -0.15) is 0 Å². The van der Waals surface area contributed by atoms with E-state index in [1.54, 1.807) is 11.0 Å². The SMILES string of the molecule is C=CCN(CCO)C(=O)C1CCCCO1. The van der Waals surface area contributed by atoms with Gasteiger partial charge in [0.05, 0.1) is 6.61 Å². The van der Waals surface area contributed by atoms with Crippen molar-refractivity contribution < 1.29 is 14.6 Å². The summed E-state index contributed by atoms with van der Waals surface area (Å²) in [7, 11) is 0. The molecule has 1 heterocycles. The Hall–Kier alpha value is -0.870. The molecule has 0 aromatic heterocycles. The average Bonchev–Trinajstić information content (AvgIpc) is 2.29. The van der Waals surface area contributed by atoms with E-state index in [1.165, 1.54) is 0 Å². The number of aliphatic hydroxyl groups is 1. The molecular weight excluding hydrogens is 194 g/mol. The molecule has 1 rings (SSSR count). The lowest BCUT2D eigenvalue weighted by Crippen LogP contribution is -2.43. The summed E-state index contributed by atoms with van der Waals surface area (Å²) >= 11 is 0. The molecule has 0 saturated carbocycles. The van der Waals surface area contributed by atoms with Crippen LogP contribution in [-0.4, -0.2) is 48.3 Å². The second kappa shape index (κ2) is 6.58. The van der Waals surface area contributed by atoms with E-state index in [9.17, 15) is 4.79 Å². The monoisotopic (exact) mass is 213 g/mol. The van der Waals surface area contributed by atoms with Gasteiger partial charge < -0.3 is 14.7 Å². The molecular formula is C11H19NO3. The first-order valence-electron chi connectivity index (χ1n) is 5.41. The summed E-state index contributed by atoms with van der Waals surface area (Å²) < 4.78 is 5.41. The summed E-state index contributed by atoms with van der Waals surface area (Å²) in [5, 5.41) is 8.84. The van der Waals surface area contributed by atoms with Crippen LogP contribution in [0.5, 0.6) is 0 Å². The van der Waals surface area contributed by atoms with E-state index in [0.717, 1.165) is 19.3 Å². The van der Waals surface area contributed by atoms with Crippen molar-refractivity contribution in [1.82, 2.24) is 4.90 Å². The summed E-state index contributed by atoms with van der Waals surface area (Å²) in [4.78, 5) is 13.5. The Balaban J connectivity index is 2.48. The highest BCUT2D eigenvalue weighted by Gasteiger charge is 2.25. The van der Waals surface area contributed by atoms with Crippen LogP contribution >= 0.6 is 0 Å². The van der Waals surface area contributed by atoms with E-state index in [4.69, 9.17) is 9.84 Å². The van der Waals surface area contributed by atoms with E-state index in [-0.39, 0.29) is 18.6 Å². The normalized spacial score (nSPS) is 21.0. The molecule has 1 aliphatic heterocycles. The summed E-state index contributed by atoms with van der Waals surface area (Å²) in [6.07, 6.45) is 4.21. The highest BCUT2D eigenvalue weighted by atomic mass is 16.5. The molecule has 86 valence electrons. The molecule has 1 amide bonds. The van der Waals surface area contributed by atoms with Crippen LogP contribution < -0.4 is 0 Å². The Bertz CT molecular complexity index is 212. The van der Waals surface area contributed by atoms with E-state index < -0.39 is 0 Å². The predicted molar refractivity (Wildman–Crippen MR) is 57.5 cm³/mol. The smallest absolute Gasteiger partial charge is 0.252 e. The summed E-state index contributed by atoms with van der Waals surface area (Å²) in [5.74, 6) is -0.0244. The van der Waals surface area contributed by atoms with Crippen LogP contribution in [0.3, 0.4) is 0 Å². The van der Waals surface area contributed by atoms with Gasteiger partial charge in [0.2, 0.25) is 0 Å². The molecule has 1 fully saturated rings. The molecule has 4 heteroatoms. The maximum absolute atomic E-state index is 11.9. The van der Waals surface area contributed by atoms with Gasteiger partial charge in [0.25, 0.3) is 5.91 Å². The van der Waals surface area contributed by atoms with Crippen LogP contribution in [0.1, 0.15) is 19.3 Å². The highest BCUT2D eigenvalue weighted by molar-refractivity contribution is 5.81. The zero-order chi connectivity index (χ0) is 11.1. The van der Waals surface area contributed by atoms with Crippen LogP contribution in [0.25, 0.3) is 0 Å². The molecule has 1 atom stereocenters. The average molecular weight is 213 g/mol. The Labute approximate surface area is 90.5 Å². The molecule has 0 aromatic carbocycles. The standard InChI is InChI=1S/C11H19NO3/c1-2-6-12(7-8-13)11(14)10-5-3-4-9-15-10/h2,10,13H,1,3-9H2. The van der Waals surface area contributed by atoms with Crippen molar-refractivity contribution in [3.63, 3.8) is 0 Å². The molecule has 1 N–H and O–H groups in total. The van der Waals surface area contributed by atoms with Gasteiger partial charge in [0, 0.05) is 19.7 Å². The van der Waals surface area contributed by atoms with E-state index in [2.05, 4.69) is 6.58 Å². The van der Waals surface area contributed by atoms with Gasteiger partial charge in [-0.15, -0.1) is 6.58 Å². The molecule has 1 unspecified atom stereocenters. The molecule has 4 nitrogen and oxygen atoms in total. The van der Waals surface area contributed by atoms with Gasteiger partial charge in [0.1, 0.15) is 6.10 Å². The Kier molecular flexibility index (Phi) is 5.36. The van der Waals surface area contributed by atoms with Crippen molar-refractivity contribution in [1.29, 1.82) is 0 Å². The fraction of sp³-hybridized carbons (Fsp3) is 0.727. The zero-order valence-corrected chi connectivity index (χ0v) is 9.02. The lowest BCUT2D eigenvalue weighted by atomic mass is 10.1. The highest BCUT2D eigenvalue weighted by Crippen LogP contribution is 2.14. The minimum Gasteiger partial charge on any atom is -0.395 e. The first-order chi connectivity index (χ1) is 7.29. The van der Waals surface area contributed by atoms with Gasteiger partial charge >= 0.3 is 0 Å². The summed E-state index contributed by atoms with van der Waals surface area (Å²) in [6.45, 7) is 5.06. The minimum atomic E-state index is -0.315. The van der Waals surface area contributed by atoms with Gasteiger partial charge in [0.15, 0.2) is 0 Å². The maximum Gasteiger partial charge on any atom is 0.252 e. The Morgan fingerprint density at radius 1 is 1.60 bits per heavy atom. The number of hydrogen-bond donors (Lipinski definition) is 1. The van der Waals surface area contributed by atoms with Crippen LogP contribution in [0.4, 0.5) is 0 Å². The van der Waals surface area contributed by atoms with E-state index >= 15 is 0 Å². The van der Waals surface area contributed by atoms with E-state index in [1.807, 2.05) is 0 Å². The third-order valence-electron chi connectivity index (χ3n) is 2.49. The van der Waals surface area contributed by atoms with Crippen molar-refractivity contribution >= 4 is 5.91 Å². The fourth-order valence-corrected chi connectivity index (χ4v) is 1.71. The van der Waals surface area contributed by atoms with Crippen molar-refractivity contribution in [3.8, 4) is 0 Å². The lowest BCUT2D eigenvalue weighted by Gasteiger charge is -2.28. The predicted octanol–water partition coefficient (Wildman–Crippen LogP) is 0.562. The molecule has 1 aliphatic rings. The maximum atomic E-state index is 11.9. The van der Waals surface area contributed by atoms with Gasteiger partial charge in [-0.05, 0) is 19.3 Å². The molecule has 0 radical (unpaired) electrons. The zero-order valence-electron chi connectivity index (χ0n) is 9.02.